The molecule has 0 unspecified atom stereocenters. The fourth-order valence-corrected chi connectivity index (χ4v) is 4.60. The summed E-state index contributed by atoms with van der Waals surface area (Å²) in [5, 5.41) is 0. The van der Waals surface area contributed by atoms with Gasteiger partial charge in [-0.15, -0.1) is 0 Å². The largest absolute Gasteiger partial charge is 0.497 e. The molecule has 1 fully saturated rings. The van der Waals surface area contributed by atoms with E-state index in [2.05, 4.69) is 36.4 Å². The number of ether oxygens (including phenoxy) is 1. The monoisotopic (exact) mass is 442 g/mol. The van der Waals surface area contributed by atoms with Crippen molar-refractivity contribution in [2.45, 2.75) is 25.7 Å². The van der Waals surface area contributed by atoms with Crippen LogP contribution in [0.3, 0.4) is 0 Å². The topological polar surface area (TPSA) is 72.6 Å². The normalized spacial score (nSPS) is 15.1. The lowest BCUT2D eigenvalue weighted by Gasteiger charge is -2.40. The number of rotatable bonds is 7. The Morgan fingerprint density at radius 3 is 2.18 bits per heavy atom. The van der Waals surface area contributed by atoms with Crippen molar-refractivity contribution in [2.24, 2.45) is 11.1 Å². The molecule has 0 aliphatic carbocycles. The average Bonchev–Trinajstić information content (AvgIpc) is 2.85. The minimum atomic E-state index is -0.624. The van der Waals surface area contributed by atoms with E-state index in [1.165, 1.54) is 0 Å². The fourth-order valence-electron chi connectivity index (χ4n) is 4.60. The summed E-state index contributed by atoms with van der Waals surface area (Å²) < 4.78 is 5.25. The minimum Gasteiger partial charge on any atom is -0.497 e. The maximum atomic E-state index is 12.8. The van der Waals surface area contributed by atoms with Gasteiger partial charge in [0.05, 0.1) is 18.9 Å². The molecule has 0 radical (unpaired) electrons. The maximum Gasteiger partial charge on any atom is 0.226 e. The number of amides is 2. The van der Waals surface area contributed by atoms with Crippen LogP contribution in [0, 0.1) is 5.41 Å². The number of carbonyl (C=O) groups excluding carboxylic acids is 2. The molecule has 5 heteroatoms. The lowest BCUT2D eigenvalue weighted by atomic mass is 9.73. The Kier molecular flexibility index (Phi) is 6.78. The Hall–Kier alpha value is -3.60. The lowest BCUT2D eigenvalue weighted by molar-refractivity contribution is -0.138. The molecular weight excluding hydrogens is 412 g/mol. The van der Waals surface area contributed by atoms with Gasteiger partial charge in [0, 0.05) is 13.1 Å². The quantitative estimate of drug-likeness (QED) is 0.595. The van der Waals surface area contributed by atoms with E-state index in [0.717, 1.165) is 28.0 Å². The van der Waals surface area contributed by atoms with Crippen LogP contribution in [0.5, 0.6) is 5.75 Å². The molecule has 3 aromatic carbocycles. The number of hydrogen-bond acceptors (Lipinski definition) is 3. The summed E-state index contributed by atoms with van der Waals surface area (Å²) >= 11 is 0. The summed E-state index contributed by atoms with van der Waals surface area (Å²) in [7, 11) is 1.62. The van der Waals surface area contributed by atoms with Gasteiger partial charge < -0.3 is 15.4 Å². The predicted octanol–water partition coefficient (Wildman–Crippen LogP) is 4.24. The number of carbonyl (C=O) groups is 2. The zero-order valence-corrected chi connectivity index (χ0v) is 19.0. The predicted molar refractivity (Wildman–Crippen MR) is 130 cm³/mol. The van der Waals surface area contributed by atoms with Crippen molar-refractivity contribution in [3.8, 4) is 16.9 Å². The SMILES string of the molecule is COc1cccc(CC(=O)N2CCC(Cc3ccc(-c4ccccc4)cc3)(C(N)=O)CC2)c1. The van der Waals surface area contributed by atoms with Crippen LogP contribution in [0.2, 0.25) is 0 Å². The van der Waals surface area contributed by atoms with Crippen molar-refractivity contribution in [1.29, 1.82) is 0 Å². The molecule has 2 N–H and O–H groups in total. The molecule has 0 spiro atoms. The van der Waals surface area contributed by atoms with Crippen molar-refractivity contribution in [3.05, 3.63) is 90.0 Å². The Morgan fingerprint density at radius 2 is 1.55 bits per heavy atom. The highest BCUT2D eigenvalue weighted by molar-refractivity contribution is 5.83. The van der Waals surface area contributed by atoms with E-state index in [1.54, 1.807) is 7.11 Å². The first kappa shape index (κ1) is 22.6. The van der Waals surface area contributed by atoms with Gasteiger partial charge in [-0.05, 0) is 53.6 Å². The summed E-state index contributed by atoms with van der Waals surface area (Å²) in [6.45, 7) is 1.07. The smallest absolute Gasteiger partial charge is 0.226 e. The first-order chi connectivity index (χ1) is 16.0. The Bertz CT molecular complexity index is 1100. The molecule has 1 saturated heterocycles. The molecule has 0 atom stereocenters. The van der Waals surface area contributed by atoms with Crippen LogP contribution in [0.4, 0.5) is 0 Å². The van der Waals surface area contributed by atoms with Crippen molar-refractivity contribution < 1.29 is 14.3 Å². The highest BCUT2D eigenvalue weighted by Crippen LogP contribution is 2.36. The van der Waals surface area contributed by atoms with Gasteiger partial charge in [-0.25, -0.2) is 0 Å². The van der Waals surface area contributed by atoms with Gasteiger partial charge in [0.25, 0.3) is 0 Å². The molecule has 4 rings (SSSR count). The van der Waals surface area contributed by atoms with Crippen molar-refractivity contribution in [3.63, 3.8) is 0 Å². The van der Waals surface area contributed by atoms with E-state index in [-0.39, 0.29) is 11.8 Å². The summed E-state index contributed by atoms with van der Waals surface area (Å²) in [5.41, 5.74) is 9.58. The number of likely N-dealkylation sites (tertiary alicyclic amines) is 1. The highest BCUT2D eigenvalue weighted by Gasteiger charge is 2.40. The van der Waals surface area contributed by atoms with E-state index in [4.69, 9.17) is 10.5 Å². The van der Waals surface area contributed by atoms with Gasteiger partial charge in [-0.2, -0.15) is 0 Å². The molecule has 170 valence electrons. The zero-order chi connectivity index (χ0) is 23.3. The number of hydrogen-bond donors (Lipinski definition) is 1. The van der Waals surface area contributed by atoms with Crippen LogP contribution in [0.15, 0.2) is 78.9 Å². The molecule has 0 saturated carbocycles. The second-order valence-corrected chi connectivity index (χ2v) is 8.79. The van der Waals surface area contributed by atoms with Crippen molar-refractivity contribution in [1.82, 2.24) is 4.90 Å². The Morgan fingerprint density at radius 1 is 0.879 bits per heavy atom. The van der Waals surface area contributed by atoms with Gasteiger partial charge in [0.2, 0.25) is 11.8 Å². The molecule has 3 aromatic rings. The van der Waals surface area contributed by atoms with Crippen LogP contribution in [0.25, 0.3) is 11.1 Å². The number of primary amides is 1. The molecule has 1 aliphatic rings. The third-order valence-corrected chi connectivity index (χ3v) is 6.69. The molecule has 2 amide bonds. The third-order valence-electron chi connectivity index (χ3n) is 6.69. The van der Waals surface area contributed by atoms with E-state index in [1.807, 2.05) is 47.4 Å². The van der Waals surface area contributed by atoms with Crippen LogP contribution in [-0.4, -0.2) is 36.9 Å². The second-order valence-electron chi connectivity index (χ2n) is 8.79. The third kappa shape index (κ3) is 5.25. The van der Waals surface area contributed by atoms with Gasteiger partial charge >= 0.3 is 0 Å². The summed E-state index contributed by atoms with van der Waals surface area (Å²) in [6, 6.07) is 26.1. The number of methoxy groups -OCH3 is 1. The summed E-state index contributed by atoms with van der Waals surface area (Å²) in [6.07, 6.45) is 2.07. The Labute approximate surface area is 195 Å². The summed E-state index contributed by atoms with van der Waals surface area (Å²) in [4.78, 5) is 27.2. The molecule has 0 bridgehead atoms. The van der Waals surface area contributed by atoms with E-state index < -0.39 is 5.41 Å². The van der Waals surface area contributed by atoms with Crippen molar-refractivity contribution in [2.75, 3.05) is 20.2 Å². The van der Waals surface area contributed by atoms with Crippen LogP contribution in [0.1, 0.15) is 24.0 Å². The number of nitrogens with zero attached hydrogens (tertiary/aromatic N) is 1. The number of piperidine rings is 1. The Balaban J connectivity index is 1.40. The standard InChI is InChI=1S/C28H30N2O3/c1-33-25-9-5-6-22(18-25)19-26(31)30-16-14-28(15-17-30,27(29)32)20-21-10-12-24(13-11-21)23-7-3-2-4-8-23/h2-13,18H,14-17,19-20H2,1H3,(H2,29,32). The minimum absolute atomic E-state index is 0.0635. The first-order valence-corrected chi connectivity index (χ1v) is 11.3. The van der Waals surface area contributed by atoms with Gasteiger partial charge in [0.15, 0.2) is 0 Å². The van der Waals surface area contributed by atoms with Crippen LogP contribution in [-0.2, 0) is 22.4 Å². The maximum absolute atomic E-state index is 12.8. The van der Waals surface area contributed by atoms with Crippen LogP contribution < -0.4 is 10.5 Å². The van der Waals surface area contributed by atoms with E-state index in [0.29, 0.717) is 38.8 Å². The van der Waals surface area contributed by atoms with Gasteiger partial charge in [0.1, 0.15) is 5.75 Å². The lowest BCUT2D eigenvalue weighted by Crippen LogP contribution is -2.50. The molecule has 1 aliphatic heterocycles. The van der Waals surface area contributed by atoms with Crippen LogP contribution >= 0.6 is 0 Å². The summed E-state index contributed by atoms with van der Waals surface area (Å²) in [5.74, 6) is 0.521. The zero-order valence-electron chi connectivity index (χ0n) is 19.0. The fraction of sp³-hybridized carbons (Fsp3) is 0.286. The number of benzene rings is 3. The van der Waals surface area contributed by atoms with Gasteiger partial charge in [-0.1, -0.05) is 66.7 Å². The number of nitrogens with two attached hydrogens (primary N) is 1. The molecule has 5 nitrogen and oxygen atoms in total. The molecular formula is C28H30N2O3. The average molecular weight is 443 g/mol. The first-order valence-electron chi connectivity index (χ1n) is 11.3. The second kappa shape index (κ2) is 9.90. The van der Waals surface area contributed by atoms with E-state index >= 15 is 0 Å². The highest BCUT2D eigenvalue weighted by atomic mass is 16.5. The molecule has 33 heavy (non-hydrogen) atoms. The van der Waals surface area contributed by atoms with Gasteiger partial charge in [-0.3, -0.25) is 9.59 Å². The van der Waals surface area contributed by atoms with Crippen molar-refractivity contribution >= 4 is 11.8 Å². The van der Waals surface area contributed by atoms with E-state index in [9.17, 15) is 9.59 Å². The molecule has 1 heterocycles. The molecule has 0 aromatic heterocycles.